The molecule has 1 unspecified atom stereocenters. The molecule has 1 aromatic carbocycles. The molecule has 3 nitrogen and oxygen atoms in total. The van der Waals surface area contributed by atoms with Crippen molar-refractivity contribution in [3.05, 3.63) is 55.6 Å². The first-order valence-corrected chi connectivity index (χ1v) is 10.7. The summed E-state index contributed by atoms with van der Waals surface area (Å²) in [5.74, 6) is 1.60. The second-order valence-electron chi connectivity index (χ2n) is 7.08. The number of benzene rings is 1. The number of Topliss-reactive ketones (excluding diaryl/α,β-unsaturated/α-hetero) is 1. The molecule has 1 aliphatic carbocycles. The highest BCUT2D eigenvalue weighted by molar-refractivity contribution is 8.03. The summed E-state index contributed by atoms with van der Waals surface area (Å²) in [5.41, 5.74) is 4.36. The molecule has 134 valence electrons. The van der Waals surface area contributed by atoms with Crippen molar-refractivity contribution < 1.29 is 9.59 Å². The molecule has 1 amide bonds. The van der Waals surface area contributed by atoms with Crippen LogP contribution < -0.4 is 5.32 Å². The van der Waals surface area contributed by atoms with Crippen molar-refractivity contribution in [3.63, 3.8) is 0 Å². The van der Waals surface area contributed by atoms with E-state index < -0.39 is 0 Å². The normalized spacial score (nSPS) is 18.5. The fraction of sp³-hybridized carbons (Fsp3) is 0.333. The number of hydrogen-bond donors (Lipinski definition) is 1. The van der Waals surface area contributed by atoms with Gasteiger partial charge in [0.05, 0.1) is 4.91 Å². The fourth-order valence-electron chi connectivity index (χ4n) is 3.53. The molecule has 1 atom stereocenters. The highest BCUT2D eigenvalue weighted by Gasteiger charge is 2.26. The zero-order valence-corrected chi connectivity index (χ0v) is 16.6. The van der Waals surface area contributed by atoms with E-state index in [0.717, 1.165) is 16.6 Å². The van der Waals surface area contributed by atoms with Gasteiger partial charge in [-0.1, -0.05) is 6.92 Å². The fourth-order valence-corrected chi connectivity index (χ4v) is 6.19. The number of nitrogens with one attached hydrogen (secondary N) is 1. The summed E-state index contributed by atoms with van der Waals surface area (Å²) in [6.45, 7) is 3.86. The number of carbonyl (C=O) groups excluding carboxylic acids is 2. The lowest BCUT2D eigenvalue weighted by atomic mass is 9.88. The van der Waals surface area contributed by atoms with Crippen LogP contribution in [0.1, 0.15) is 51.5 Å². The smallest absolute Gasteiger partial charge is 0.262 e. The Morgan fingerprint density at radius 1 is 1.15 bits per heavy atom. The van der Waals surface area contributed by atoms with Gasteiger partial charge in [0.1, 0.15) is 0 Å². The molecule has 0 saturated heterocycles. The molecule has 0 radical (unpaired) electrons. The van der Waals surface area contributed by atoms with E-state index in [4.69, 9.17) is 0 Å². The molecular formula is C21H21NO2S2. The van der Waals surface area contributed by atoms with Crippen LogP contribution in [0.3, 0.4) is 0 Å². The molecule has 2 aliphatic rings. The van der Waals surface area contributed by atoms with Crippen LogP contribution in [0, 0.1) is 5.92 Å². The summed E-state index contributed by atoms with van der Waals surface area (Å²) < 4.78 is 0. The number of fused-ring (bicyclic) bond motifs is 3. The van der Waals surface area contributed by atoms with Crippen molar-refractivity contribution in [1.29, 1.82) is 0 Å². The topological polar surface area (TPSA) is 46.2 Å². The van der Waals surface area contributed by atoms with Gasteiger partial charge in [-0.2, -0.15) is 0 Å². The van der Waals surface area contributed by atoms with Gasteiger partial charge in [0.2, 0.25) is 0 Å². The van der Waals surface area contributed by atoms with Crippen LogP contribution in [-0.2, 0) is 23.4 Å². The molecule has 2 aromatic rings. The van der Waals surface area contributed by atoms with Gasteiger partial charge in [-0.15, -0.1) is 23.1 Å². The molecular weight excluding hydrogens is 362 g/mol. The Balaban J connectivity index is 1.52. The third-order valence-electron chi connectivity index (χ3n) is 5.06. The van der Waals surface area contributed by atoms with E-state index in [1.54, 1.807) is 41.6 Å². The third kappa shape index (κ3) is 3.38. The van der Waals surface area contributed by atoms with Crippen LogP contribution in [-0.4, -0.2) is 11.7 Å². The highest BCUT2D eigenvalue weighted by Crippen LogP contribution is 2.43. The second-order valence-corrected chi connectivity index (χ2v) is 9.23. The molecule has 1 N–H and O–H groups in total. The lowest BCUT2D eigenvalue weighted by Crippen LogP contribution is -2.14. The summed E-state index contributed by atoms with van der Waals surface area (Å²) in [6.07, 6.45) is 5.68. The van der Waals surface area contributed by atoms with Gasteiger partial charge in [0, 0.05) is 26.8 Å². The Morgan fingerprint density at radius 3 is 2.65 bits per heavy atom. The number of thiophene rings is 1. The molecule has 26 heavy (non-hydrogen) atoms. The van der Waals surface area contributed by atoms with Crippen molar-refractivity contribution in [1.82, 2.24) is 0 Å². The monoisotopic (exact) mass is 383 g/mol. The highest BCUT2D eigenvalue weighted by atomic mass is 32.2. The zero-order chi connectivity index (χ0) is 18.3. The van der Waals surface area contributed by atoms with Crippen LogP contribution in [0.15, 0.2) is 29.2 Å². The first-order chi connectivity index (χ1) is 12.5. The van der Waals surface area contributed by atoms with Crippen molar-refractivity contribution in [2.75, 3.05) is 5.32 Å². The van der Waals surface area contributed by atoms with E-state index in [1.807, 2.05) is 11.3 Å². The molecule has 0 fully saturated rings. The number of ketones is 1. The van der Waals surface area contributed by atoms with E-state index in [2.05, 4.69) is 18.3 Å². The largest absolute Gasteiger partial charge is 0.322 e. The average molecular weight is 384 g/mol. The Kier molecular flexibility index (Phi) is 4.76. The minimum Gasteiger partial charge on any atom is -0.322 e. The van der Waals surface area contributed by atoms with E-state index in [1.165, 1.54) is 41.5 Å². The van der Waals surface area contributed by atoms with Crippen LogP contribution in [0.2, 0.25) is 0 Å². The molecule has 1 aliphatic heterocycles. The molecule has 0 bridgehead atoms. The van der Waals surface area contributed by atoms with Crippen LogP contribution in [0.25, 0.3) is 6.08 Å². The Bertz CT molecular complexity index is 909. The van der Waals surface area contributed by atoms with Crippen molar-refractivity contribution in [2.24, 2.45) is 5.92 Å². The number of thioether (sulfide) groups is 1. The molecule has 2 heterocycles. The van der Waals surface area contributed by atoms with Gasteiger partial charge in [-0.25, -0.2) is 0 Å². The van der Waals surface area contributed by atoms with Gasteiger partial charge in [-0.3, -0.25) is 9.59 Å². The first-order valence-electron chi connectivity index (χ1n) is 8.91. The van der Waals surface area contributed by atoms with Gasteiger partial charge in [0.25, 0.3) is 5.91 Å². The van der Waals surface area contributed by atoms with E-state index >= 15 is 0 Å². The van der Waals surface area contributed by atoms with Crippen LogP contribution in [0.5, 0.6) is 0 Å². The minimum absolute atomic E-state index is 0.0249. The SMILES string of the molecule is CC(=O)c1ccc(NC(=O)C2=Cc3sc4c(c3CS2)CCC(C)C4)cc1. The van der Waals surface area contributed by atoms with Crippen molar-refractivity contribution in [2.45, 2.75) is 38.9 Å². The predicted octanol–water partition coefficient (Wildman–Crippen LogP) is 5.30. The van der Waals surface area contributed by atoms with Crippen LogP contribution >= 0.6 is 23.1 Å². The van der Waals surface area contributed by atoms with Gasteiger partial charge < -0.3 is 5.32 Å². The number of amides is 1. The predicted molar refractivity (Wildman–Crippen MR) is 110 cm³/mol. The quantitative estimate of drug-likeness (QED) is 0.732. The Hall–Kier alpha value is -1.85. The summed E-state index contributed by atoms with van der Waals surface area (Å²) in [7, 11) is 0. The zero-order valence-electron chi connectivity index (χ0n) is 14.9. The summed E-state index contributed by atoms with van der Waals surface area (Å²) in [5, 5.41) is 2.94. The van der Waals surface area contributed by atoms with Crippen molar-refractivity contribution in [3.8, 4) is 0 Å². The number of hydrogen-bond acceptors (Lipinski definition) is 4. The van der Waals surface area contributed by atoms with E-state index in [0.29, 0.717) is 11.3 Å². The number of rotatable bonds is 3. The number of anilines is 1. The Labute approximate surface area is 161 Å². The second kappa shape index (κ2) is 7.05. The summed E-state index contributed by atoms with van der Waals surface area (Å²) >= 11 is 3.49. The lowest BCUT2D eigenvalue weighted by Gasteiger charge is -2.19. The maximum absolute atomic E-state index is 12.6. The number of carbonyl (C=O) groups is 2. The van der Waals surface area contributed by atoms with Gasteiger partial charge in [0.15, 0.2) is 5.78 Å². The minimum atomic E-state index is -0.0732. The summed E-state index contributed by atoms with van der Waals surface area (Å²) in [6, 6.07) is 7.04. The van der Waals surface area contributed by atoms with Gasteiger partial charge >= 0.3 is 0 Å². The molecule has 4 rings (SSSR count). The standard InChI is InChI=1S/C21H21NO2S2/c1-12-3-8-16-17-11-25-20(10-19(17)26-18(16)9-12)21(24)22-15-6-4-14(5-7-15)13(2)23/h4-7,10,12H,3,8-9,11H2,1-2H3,(H,22,24). The summed E-state index contributed by atoms with van der Waals surface area (Å²) in [4.78, 5) is 27.5. The molecule has 1 aromatic heterocycles. The molecule has 0 spiro atoms. The average Bonchev–Trinajstić information content (AvgIpc) is 2.98. The van der Waals surface area contributed by atoms with Crippen LogP contribution in [0.4, 0.5) is 5.69 Å². The van der Waals surface area contributed by atoms with Crippen molar-refractivity contribution >= 4 is 46.6 Å². The lowest BCUT2D eigenvalue weighted by molar-refractivity contribution is -0.112. The van der Waals surface area contributed by atoms with E-state index in [-0.39, 0.29) is 11.7 Å². The molecule has 5 heteroatoms. The van der Waals surface area contributed by atoms with Gasteiger partial charge in [-0.05, 0) is 73.6 Å². The maximum Gasteiger partial charge on any atom is 0.262 e. The molecule has 0 saturated carbocycles. The third-order valence-corrected chi connectivity index (χ3v) is 7.35. The maximum atomic E-state index is 12.6. The van der Waals surface area contributed by atoms with E-state index in [9.17, 15) is 9.59 Å². The Morgan fingerprint density at radius 2 is 1.92 bits per heavy atom. The first kappa shape index (κ1) is 17.6.